The van der Waals surface area contributed by atoms with Gasteiger partial charge in [0.25, 0.3) is 0 Å². The lowest BCUT2D eigenvalue weighted by Gasteiger charge is -2.24. The Labute approximate surface area is 116 Å². The third-order valence-electron chi connectivity index (χ3n) is 4.72. The van der Waals surface area contributed by atoms with Crippen molar-refractivity contribution in [2.75, 3.05) is 18.5 Å². The zero-order valence-electron chi connectivity index (χ0n) is 12.2. The van der Waals surface area contributed by atoms with Crippen LogP contribution in [0.15, 0.2) is 6.07 Å². The van der Waals surface area contributed by atoms with Crippen molar-refractivity contribution in [3.05, 3.63) is 22.9 Å². The van der Waals surface area contributed by atoms with Crippen molar-refractivity contribution in [3.8, 4) is 0 Å². The standard InChI is InChI=1S/C16H25N3/c1-11-7-14(11)10-19(2)16-13(9-17)8-12-5-3-4-6-15(12)18-16/h8,11,14H,3-7,9-10,17H2,1-2H3. The molecule has 3 rings (SSSR count). The molecule has 0 bridgehead atoms. The Morgan fingerprint density at radius 2 is 2.11 bits per heavy atom. The molecule has 0 aromatic carbocycles. The van der Waals surface area contributed by atoms with Crippen LogP contribution in [0.25, 0.3) is 0 Å². The van der Waals surface area contributed by atoms with E-state index in [-0.39, 0.29) is 0 Å². The first-order chi connectivity index (χ1) is 9.19. The first kappa shape index (κ1) is 12.9. The quantitative estimate of drug-likeness (QED) is 0.903. The summed E-state index contributed by atoms with van der Waals surface area (Å²) >= 11 is 0. The number of hydrogen-bond acceptors (Lipinski definition) is 3. The molecule has 2 unspecified atom stereocenters. The monoisotopic (exact) mass is 259 g/mol. The summed E-state index contributed by atoms with van der Waals surface area (Å²) in [4.78, 5) is 7.26. The fraction of sp³-hybridized carbons (Fsp3) is 0.688. The van der Waals surface area contributed by atoms with E-state index in [1.165, 1.54) is 42.5 Å². The van der Waals surface area contributed by atoms with Crippen LogP contribution in [0, 0.1) is 11.8 Å². The highest BCUT2D eigenvalue weighted by Crippen LogP contribution is 2.39. The van der Waals surface area contributed by atoms with Gasteiger partial charge in [-0.05, 0) is 55.6 Å². The van der Waals surface area contributed by atoms with E-state index in [9.17, 15) is 0 Å². The fourth-order valence-electron chi connectivity index (χ4n) is 3.24. The van der Waals surface area contributed by atoms with E-state index in [1.807, 2.05) is 0 Å². The predicted molar refractivity (Wildman–Crippen MR) is 79.3 cm³/mol. The summed E-state index contributed by atoms with van der Waals surface area (Å²) < 4.78 is 0. The molecule has 1 saturated carbocycles. The molecule has 2 aliphatic carbocycles. The van der Waals surface area contributed by atoms with E-state index in [0.29, 0.717) is 6.54 Å². The molecular formula is C16H25N3. The van der Waals surface area contributed by atoms with E-state index >= 15 is 0 Å². The Kier molecular flexibility index (Phi) is 3.48. The second kappa shape index (κ2) is 5.12. The largest absolute Gasteiger partial charge is 0.359 e. The number of pyridine rings is 1. The Morgan fingerprint density at radius 3 is 2.79 bits per heavy atom. The Morgan fingerprint density at radius 1 is 1.37 bits per heavy atom. The third kappa shape index (κ3) is 2.62. The molecule has 3 heteroatoms. The number of fused-ring (bicyclic) bond motifs is 1. The highest BCUT2D eigenvalue weighted by Gasteiger charge is 2.33. The maximum Gasteiger partial charge on any atom is 0.133 e. The van der Waals surface area contributed by atoms with Crippen molar-refractivity contribution in [2.24, 2.45) is 17.6 Å². The molecule has 1 fully saturated rings. The molecule has 0 aliphatic heterocycles. The topological polar surface area (TPSA) is 42.2 Å². The van der Waals surface area contributed by atoms with Crippen LogP contribution in [0.5, 0.6) is 0 Å². The van der Waals surface area contributed by atoms with Gasteiger partial charge in [0.2, 0.25) is 0 Å². The van der Waals surface area contributed by atoms with Crippen molar-refractivity contribution >= 4 is 5.82 Å². The van der Waals surface area contributed by atoms with Gasteiger partial charge in [-0.15, -0.1) is 0 Å². The summed E-state index contributed by atoms with van der Waals surface area (Å²) in [5.74, 6) is 2.87. The molecule has 2 aliphatic rings. The van der Waals surface area contributed by atoms with Crippen molar-refractivity contribution in [2.45, 2.75) is 45.6 Å². The van der Waals surface area contributed by atoms with E-state index in [4.69, 9.17) is 10.7 Å². The van der Waals surface area contributed by atoms with Crippen LogP contribution in [0.3, 0.4) is 0 Å². The van der Waals surface area contributed by atoms with Gasteiger partial charge in [-0.2, -0.15) is 0 Å². The molecule has 2 N–H and O–H groups in total. The Balaban J connectivity index is 1.85. The van der Waals surface area contributed by atoms with Crippen molar-refractivity contribution in [3.63, 3.8) is 0 Å². The number of nitrogens with zero attached hydrogens (tertiary/aromatic N) is 2. The van der Waals surface area contributed by atoms with Crippen LogP contribution in [0.4, 0.5) is 5.82 Å². The molecule has 0 saturated heterocycles. The molecule has 0 spiro atoms. The van der Waals surface area contributed by atoms with Crippen LogP contribution in [0.1, 0.15) is 43.0 Å². The van der Waals surface area contributed by atoms with Gasteiger partial charge in [0.1, 0.15) is 5.82 Å². The fourth-order valence-corrected chi connectivity index (χ4v) is 3.24. The maximum absolute atomic E-state index is 5.93. The lowest BCUT2D eigenvalue weighted by Crippen LogP contribution is -2.25. The first-order valence-electron chi connectivity index (χ1n) is 7.62. The molecule has 1 aromatic rings. The van der Waals surface area contributed by atoms with Gasteiger partial charge < -0.3 is 10.6 Å². The maximum atomic E-state index is 5.93. The van der Waals surface area contributed by atoms with E-state index in [1.54, 1.807) is 0 Å². The molecule has 3 nitrogen and oxygen atoms in total. The van der Waals surface area contributed by atoms with Gasteiger partial charge in [-0.25, -0.2) is 4.98 Å². The minimum Gasteiger partial charge on any atom is -0.359 e. The normalized spacial score (nSPS) is 25.0. The molecule has 19 heavy (non-hydrogen) atoms. The van der Waals surface area contributed by atoms with E-state index in [0.717, 1.165) is 30.6 Å². The zero-order chi connectivity index (χ0) is 13.4. The summed E-state index contributed by atoms with van der Waals surface area (Å²) in [6, 6.07) is 2.31. The number of anilines is 1. The zero-order valence-corrected chi connectivity index (χ0v) is 12.2. The van der Waals surface area contributed by atoms with Crippen LogP contribution < -0.4 is 10.6 Å². The van der Waals surface area contributed by atoms with Gasteiger partial charge in [0.15, 0.2) is 0 Å². The van der Waals surface area contributed by atoms with Crippen LogP contribution in [-0.2, 0) is 19.4 Å². The summed E-state index contributed by atoms with van der Waals surface area (Å²) in [6.45, 7) is 4.06. The van der Waals surface area contributed by atoms with Crippen LogP contribution in [-0.4, -0.2) is 18.6 Å². The number of nitrogens with two attached hydrogens (primary N) is 1. The minimum absolute atomic E-state index is 0.597. The van der Waals surface area contributed by atoms with Gasteiger partial charge in [0, 0.05) is 31.4 Å². The SMILES string of the molecule is CC1CC1CN(C)c1nc2c(cc1CN)CCCC2. The number of aryl methyl sites for hydroxylation is 2. The summed E-state index contributed by atoms with van der Waals surface area (Å²) in [5, 5.41) is 0. The molecule has 0 amide bonds. The summed E-state index contributed by atoms with van der Waals surface area (Å²) in [6.07, 6.45) is 6.27. The molecule has 0 radical (unpaired) electrons. The van der Waals surface area contributed by atoms with Gasteiger partial charge in [0.05, 0.1) is 0 Å². The molecule has 1 aromatic heterocycles. The molecule has 104 valence electrons. The Bertz CT molecular complexity index is 469. The predicted octanol–water partition coefficient (Wildman–Crippen LogP) is 2.51. The van der Waals surface area contributed by atoms with E-state index in [2.05, 4.69) is 24.9 Å². The van der Waals surface area contributed by atoms with Crippen LogP contribution >= 0.6 is 0 Å². The first-order valence-corrected chi connectivity index (χ1v) is 7.62. The lowest BCUT2D eigenvalue weighted by atomic mass is 9.94. The summed E-state index contributed by atoms with van der Waals surface area (Å²) in [7, 11) is 2.17. The molecular weight excluding hydrogens is 234 g/mol. The summed E-state index contributed by atoms with van der Waals surface area (Å²) in [5.41, 5.74) is 9.90. The second-order valence-corrected chi connectivity index (χ2v) is 6.34. The number of aromatic nitrogens is 1. The van der Waals surface area contributed by atoms with Gasteiger partial charge >= 0.3 is 0 Å². The second-order valence-electron chi connectivity index (χ2n) is 6.34. The van der Waals surface area contributed by atoms with Crippen molar-refractivity contribution in [1.29, 1.82) is 0 Å². The van der Waals surface area contributed by atoms with Crippen molar-refractivity contribution < 1.29 is 0 Å². The van der Waals surface area contributed by atoms with Crippen LogP contribution in [0.2, 0.25) is 0 Å². The molecule has 1 heterocycles. The highest BCUT2D eigenvalue weighted by molar-refractivity contribution is 5.50. The average molecular weight is 259 g/mol. The average Bonchev–Trinajstić information content (AvgIpc) is 3.12. The van der Waals surface area contributed by atoms with Gasteiger partial charge in [-0.1, -0.05) is 6.92 Å². The minimum atomic E-state index is 0.597. The number of rotatable bonds is 4. The third-order valence-corrected chi connectivity index (χ3v) is 4.72. The van der Waals surface area contributed by atoms with Crippen molar-refractivity contribution in [1.82, 2.24) is 4.98 Å². The molecule has 2 atom stereocenters. The lowest BCUT2D eigenvalue weighted by molar-refractivity contribution is 0.659. The van der Waals surface area contributed by atoms with E-state index < -0.39 is 0 Å². The Hall–Kier alpha value is -1.09. The highest BCUT2D eigenvalue weighted by atomic mass is 15.2. The smallest absolute Gasteiger partial charge is 0.133 e. The van der Waals surface area contributed by atoms with Gasteiger partial charge in [-0.3, -0.25) is 0 Å². The number of hydrogen-bond donors (Lipinski definition) is 1.